The van der Waals surface area contributed by atoms with Gasteiger partial charge in [0.1, 0.15) is 11.9 Å². The lowest BCUT2D eigenvalue weighted by atomic mass is 10.0. The van der Waals surface area contributed by atoms with Gasteiger partial charge in [-0.1, -0.05) is 60.7 Å². The number of aryl methyl sites for hydroxylation is 1. The summed E-state index contributed by atoms with van der Waals surface area (Å²) in [4.78, 5) is 28.6. The third kappa shape index (κ3) is 8.91. The summed E-state index contributed by atoms with van der Waals surface area (Å²) in [5.74, 6) is -1.16. The normalized spacial score (nSPS) is 12.2. The van der Waals surface area contributed by atoms with Gasteiger partial charge in [0.05, 0.1) is 11.9 Å². The first kappa shape index (κ1) is 30.8. The molecule has 3 aromatic carbocycles. The molecule has 3 aromatic rings. The van der Waals surface area contributed by atoms with Crippen molar-refractivity contribution in [2.75, 3.05) is 17.1 Å². The number of hydrogen-bond acceptors (Lipinski definition) is 4. The molecule has 0 saturated heterocycles. The van der Waals surface area contributed by atoms with Crippen molar-refractivity contribution in [3.63, 3.8) is 0 Å². The molecule has 0 aliphatic rings. The molecule has 9 heteroatoms. The zero-order valence-electron chi connectivity index (χ0n) is 23.5. The summed E-state index contributed by atoms with van der Waals surface area (Å²) >= 11 is 0. The van der Waals surface area contributed by atoms with Gasteiger partial charge in [-0.2, -0.15) is 0 Å². The highest BCUT2D eigenvalue weighted by Gasteiger charge is 2.31. The van der Waals surface area contributed by atoms with Crippen LogP contribution in [0.5, 0.6) is 0 Å². The molecule has 0 radical (unpaired) electrons. The molecule has 40 heavy (non-hydrogen) atoms. The smallest absolute Gasteiger partial charge is 0.243 e. The van der Waals surface area contributed by atoms with E-state index in [1.165, 1.54) is 15.3 Å². The van der Waals surface area contributed by atoms with Crippen LogP contribution in [0.2, 0.25) is 0 Å². The van der Waals surface area contributed by atoms with E-state index in [1.54, 1.807) is 36.4 Å². The second-order valence-electron chi connectivity index (χ2n) is 10.3. The highest BCUT2D eigenvalue weighted by Crippen LogP contribution is 2.21. The largest absolute Gasteiger partial charge is 0.352 e. The molecule has 0 saturated carbocycles. The molecule has 0 spiro atoms. The Balaban J connectivity index is 1.89. The summed E-state index contributed by atoms with van der Waals surface area (Å²) in [6.07, 6.45) is 1.58. The number of sulfonamides is 1. The number of benzene rings is 3. The van der Waals surface area contributed by atoms with Crippen molar-refractivity contribution in [2.24, 2.45) is 0 Å². The third-order valence-corrected chi connectivity index (χ3v) is 7.64. The van der Waals surface area contributed by atoms with Crippen LogP contribution in [0.15, 0.2) is 78.9 Å². The van der Waals surface area contributed by atoms with E-state index in [0.29, 0.717) is 11.3 Å². The third-order valence-electron chi connectivity index (χ3n) is 6.44. The van der Waals surface area contributed by atoms with Gasteiger partial charge in [0, 0.05) is 37.5 Å². The zero-order chi connectivity index (χ0) is 29.3. The van der Waals surface area contributed by atoms with Crippen molar-refractivity contribution in [3.05, 3.63) is 101 Å². The standard InChI is InChI=1S/C31H38FN3O4S/c1-23(2)33-31(37)29(21-25-13-6-5-7-14-25)34(22-26-15-8-9-17-28(26)32)30(36)18-11-19-35(40(4,38)39)27-16-10-12-24(3)20-27/h5-10,12-17,20,23,29H,11,18-19,21-22H2,1-4H3,(H,33,37)/t29-/m1/s1. The van der Waals surface area contributed by atoms with Crippen LogP contribution in [-0.4, -0.2) is 50.0 Å². The lowest BCUT2D eigenvalue weighted by molar-refractivity contribution is -0.141. The molecule has 0 heterocycles. The molecule has 214 valence electrons. The summed E-state index contributed by atoms with van der Waals surface area (Å²) in [5, 5.41) is 2.91. The Hall–Kier alpha value is -3.72. The second-order valence-corrected chi connectivity index (χ2v) is 12.2. The van der Waals surface area contributed by atoms with Gasteiger partial charge in [-0.25, -0.2) is 12.8 Å². The molecule has 3 rings (SSSR count). The van der Waals surface area contributed by atoms with Crippen LogP contribution in [-0.2, 0) is 32.6 Å². The molecule has 0 unspecified atom stereocenters. The lowest BCUT2D eigenvalue weighted by Crippen LogP contribution is -2.52. The monoisotopic (exact) mass is 567 g/mol. The predicted molar refractivity (Wildman–Crippen MR) is 157 cm³/mol. The van der Waals surface area contributed by atoms with Crippen molar-refractivity contribution in [2.45, 2.75) is 58.7 Å². The van der Waals surface area contributed by atoms with Crippen LogP contribution < -0.4 is 9.62 Å². The van der Waals surface area contributed by atoms with E-state index in [-0.39, 0.29) is 50.2 Å². The fourth-order valence-corrected chi connectivity index (χ4v) is 5.49. The van der Waals surface area contributed by atoms with Crippen LogP contribution in [0.1, 0.15) is 43.4 Å². The molecule has 2 amide bonds. The van der Waals surface area contributed by atoms with E-state index < -0.39 is 21.9 Å². The maximum Gasteiger partial charge on any atom is 0.243 e. The maximum absolute atomic E-state index is 14.7. The Bertz CT molecular complexity index is 1400. The van der Waals surface area contributed by atoms with Crippen LogP contribution in [0.25, 0.3) is 0 Å². The van der Waals surface area contributed by atoms with E-state index in [4.69, 9.17) is 0 Å². The predicted octanol–water partition coefficient (Wildman–Crippen LogP) is 4.85. The van der Waals surface area contributed by atoms with Gasteiger partial charge in [-0.05, 0) is 56.5 Å². The quantitative estimate of drug-likeness (QED) is 0.320. The summed E-state index contributed by atoms with van der Waals surface area (Å²) in [5.41, 5.74) is 2.60. The fraction of sp³-hybridized carbons (Fsp3) is 0.355. The Morgan fingerprint density at radius 3 is 2.25 bits per heavy atom. The molecule has 0 fully saturated rings. The van der Waals surface area contributed by atoms with E-state index in [0.717, 1.165) is 17.4 Å². The number of nitrogens with zero attached hydrogens (tertiary/aromatic N) is 2. The van der Waals surface area contributed by atoms with Crippen LogP contribution in [0, 0.1) is 12.7 Å². The first-order valence-electron chi connectivity index (χ1n) is 13.4. The Labute approximate surface area is 237 Å². The van der Waals surface area contributed by atoms with Gasteiger partial charge < -0.3 is 10.2 Å². The number of carbonyl (C=O) groups excluding carboxylic acids is 2. The van der Waals surface area contributed by atoms with E-state index in [2.05, 4.69) is 5.32 Å². The number of anilines is 1. The molecule has 7 nitrogen and oxygen atoms in total. The SMILES string of the molecule is Cc1cccc(N(CCCC(=O)N(Cc2ccccc2F)[C@H](Cc2ccccc2)C(=O)NC(C)C)S(C)(=O)=O)c1. The molecule has 0 aromatic heterocycles. The fourth-order valence-electron chi connectivity index (χ4n) is 4.53. The van der Waals surface area contributed by atoms with Crippen molar-refractivity contribution >= 4 is 27.5 Å². The summed E-state index contributed by atoms with van der Waals surface area (Å²) in [7, 11) is -3.60. The van der Waals surface area contributed by atoms with E-state index in [1.807, 2.05) is 57.2 Å². The minimum absolute atomic E-state index is 0.0213. The number of halogens is 1. The van der Waals surface area contributed by atoms with Gasteiger partial charge in [-0.3, -0.25) is 13.9 Å². The van der Waals surface area contributed by atoms with Crippen LogP contribution >= 0.6 is 0 Å². The highest BCUT2D eigenvalue weighted by molar-refractivity contribution is 7.92. The van der Waals surface area contributed by atoms with E-state index >= 15 is 0 Å². The average molecular weight is 568 g/mol. The topological polar surface area (TPSA) is 86.8 Å². The molecule has 0 aliphatic heterocycles. The lowest BCUT2D eigenvalue weighted by Gasteiger charge is -2.32. The number of amides is 2. The van der Waals surface area contributed by atoms with Gasteiger partial charge in [0.2, 0.25) is 21.8 Å². The number of carbonyl (C=O) groups is 2. The molecular formula is C31H38FN3O4S. The van der Waals surface area contributed by atoms with Gasteiger partial charge in [0.25, 0.3) is 0 Å². The minimum Gasteiger partial charge on any atom is -0.352 e. The molecule has 1 atom stereocenters. The first-order valence-corrected chi connectivity index (χ1v) is 15.2. The molecule has 0 aliphatic carbocycles. The van der Waals surface area contributed by atoms with Crippen molar-refractivity contribution in [1.82, 2.24) is 10.2 Å². The van der Waals surface area contributed by atoms with Gasteiger partial charge >= 0.3 is 0 Å². The maximum atomic E-state index is 14.7. The van der Waals surface area contributed by atoms with Gasteiger partial charge in [-0.15, -0.1) is 0 Å². The van der Waals surface area contributed by atoms with Crippen molar-refractivity contribution in [3.8, 4) is 0 Å². The Morgan fingerprint density at radius 2 is 1.62 bits per heavy atom. The zero-order valence-corrected chi connectivity index (χ0v) is 24.3. The second kappa shape index (κ2) is 14.1. The highest BCUT2D eigenvalue weighted by atomic mass is 32.2. The Kier molecular flexibility index (Phi) is 10.8. The van der Waals surface area contributed by atoms with Crippen molar-refractivity contribution in [1.29, 1.82) is 0 Å². The number of rotatable bonds is 13. The molecule has 0 bridgehead atoms. The summed E-state index contributed by atoms with van der Waals surface area (Å²) in [6, 6.07) is 21.6. The van der Waals surface area contributed by atoms with Crippen LogP contribution in [0.3, 0.4) is 0 Å². The molecule has 1 N–H and O–H groups in total. The average Bonchev–Trinajstić information content (AvgIpc) is 2.89. The first-order chi connectivity index (χ1) is 19.0. The Morgan fingerprint density at radius 1 is 0.950 bits per heavy atom. The number of hydrogen-bond donors (Lipinski definition) is 1. The minimum atomic E-state index is -3.60. The number of nitrogens with one attached hydrogen (secondary N) is 1. The van der Waals surface area contributed by atoms with Gasteiger partial charge in [0.15, 0.2) is 0 Å². The summed E-state index contributed by atoms with van der Waals surface area (Å²) < 4.78 is 41.1. The molecular weight excluding hydrogens is 529 g/mol. The summed E-state index contributed by atoms with van der Waals surface area (Å²) in [6.45, 7) is 5.55. The van der Waals surface area contributed by atoms with Crippen molar-refractivity contribution < 1.29 is 22.4 Å². The van der Waals surface area contributed by atoms with E-state index in [9.17, 15) is 22.4 Å². The van der Waals surface area contributed by atoms with Crippen LogP contribution in [0.4, 0.5) is 10.1 Å².